The average Bonchev–Trinajstić information content (AvgIpc) is 3.02. The maximum absolute atomic E-state index is 15.5. The summed E-state index contributed by atoms with van der Waals surface area (Å²) >= 11 is 0. The lowest BCUT2D eigenvalue weighted by Gasteiger charge is -2.35. The predicted molar refractivity (Wildman–Crippen MR) is 120 cm³/mol. The predicted octanol–water partition coefficient (Wildman–Crippen LogP) is 3.94. The third-order valence-corrected chi connectivity index (χ3v) is 7.99. The van der Waals surface area contributed by atoms with Gasteiger partial charge in [0.1, 0.15) is 18.0 Å². The van der Waals surface area contributed by atoms with Crippen LogP contribution < -0.4 is 4.72 Å². The topological polar surface area (TPSA) is 66.5 Å². The van der Waals surface area contributed by atoms with Gasteiger partial charge in [-0.3, -0.25) is 4.79 Å². The summed E-state index contributed by atoms with van der Waals surface area (Å²) in [6.07, 6.45) is -1.60. The highest BCUT2D eigenvalue weighted by atomic mass is 32.2. The van der Waals surface area contributed by atoms with Crippen LogP contribution >= 0.6 is 0 Å². The first kappa shape index (κ1) is 24.7. The molecule has 2 aromatic rings. The fourth-order valence-corrected chi connectivity index (χ4v) is 5.49. The fraction of sp³-hybridized carbons (Fsp3) is 0.458. The number of sulfonamides is 1. The van der Waals surface area contributed by atoms with E-state index in [2.05, 4.69) is 0 Å². The highest BCUT2D eigenvalue weighted by Gasteiger charge is 2.58. The van der Waals surface area contributed by atoms with Crippen LogP contribution in [0.3, 0.4) is 0 Å². The van der Waals surface area contributed by atoms with E-state index in [4.69, 9.17) is 0 Å². The minimum absolute atomic E-state index is 0.0587. The summed E-state index contributed by atoms with van der Waals surface area (Å²) in [7, 11) is -4.05. The van der Waals surface area contributed by atoms with Gasteiger partial charge in [0.25, 0.3) is 5.92 Å². The quantitative estimate of drug-likeness (QED) is 0.589. The number of nitrogens with one attached hydrogen (secondary N) is 1. The van der Waals surface area contributed by atoms with Gasteiger partial charge in [-0.1, -0.05) is 48.5 Å². The minimum Gasteiger partial charge on any atom is -0.331 e. The van der Waals surface area contributed by atoms with E-state index in [0.29, 0.717) is 5.56 Å². The molecule has 5 nitrogen and oxygen atoms in total. The Morgan fingerprint density at radius 3 is 2.41 bits per heavy atom. The van der Waals surface area contributed by atoms with Gasteiger partial charge in [-0.15, -0.1) is 0 Å². The second-order valence-corrected chi connectivity index (χ2v) is 11.0. The largest absolute Gasteiger partial charge is 0.331 e. The Morgan fingerprint density at radius 1 is 1.12 bits per heavy atom. The normalized spacial score (nSPS) is 26.3. The average molecular weight is 499 g/mol. The van der Waals surface area contributed by atoms with Gasteiger partial charge in [0.15, 0.2) is 0 Å². The number of hydrogen-bond acceptors (Lipinski definition) is 3. The van der Waals surface area contributed by atoms with Crippen molar-refractivity contribution in [3.05, 3.63) is 59.9 Å². The standard InChI is InChI=1S/C24H26F4N2O3S/c1-2-34(32,33)29-22-20(30(14-24(22,27)28)23(31)17-11-18(25)12-17)13-16-9-6-10-19(21(16)26)15-7-4-3-5-8-15/h3-10,17-18,20,22,29H,2,11-14H2,1H3/t17?,18?,20-,22+/m0/s1. The molecule has 184 valence electrons. The van der Waals surface area contributed by atoms with Crippen molar-refractivity contribution in [3.8, 4) is 11.1 Å². The maximum atomic E-state index is 15.5. The molecular weight excluding hydrogens is 472 g/mol. The lowest BCUT2D eigenvalue weighted by Crippen LogP contribution is -2.53. The molecule has 1 aliphatic heterocycles. The zero-order chi connectivity index (χ0) is 24.7. The second-order valence-electron chi connectivity index (χ2n) is 8.91. The highest BCUT2D eigenvalue weighted by Crippen LogP contribution is 2.40. The molecule has 1 N–H and O–H groups in total. The number of hydrogen-bond donors (Lipinski definition) is 1. The Bertz CT molecular complexity index is 1150. The van der Waals surface area contributed by atoms with Gasteiger partial charge >= 0.3 is 0 Å². The minimum atomic E-state index is -4.05. The number of amides is 1. The number of likely N-dealkylation sites (tertiary alicyclic amines) is 1. The first-order valence-corrected chi connectivity index (χ1v) is 12.8. The fourth-order valence-electron chi connectivity index (χ4n) is 4.60. The van der Waals surface area contributed by atoms with Gasteiger partial charge in [-0.2, -0.15) is 0 Å². The Kier molecular flexibility index (Phi) is 6.74. The van der Waals surface area contributed by atoms with Crippen molar-refractivity contribution in [2.75, 3.05) is 12.3 Å². The van der Waals surface area contributed by atoms with Crippen LogP contribution in [0, 0.1) is 11.7 Å². The van der Waals surface area contributed by atoms with E-state index in [9.17, 15) is 17.6 Å². The Labute approximate surface area is 196 Å². The van der Waals surface area contributed by atoms with Gasteiger partial charge in [-0.05, 0) is 37.3 Å². The smallest absolute Gasteiger partial charge is 0.283 e. The summed E-state index contributed by atoms with van der Waals surface area (Å²) < 4.78 is 85.4. The molecule has 2 aliphatic rings. The monoisotopic (exact) mass is 498 g/mol. The van der Waals surface area contributed by atoms with Crippen LogP contribution in [0.4, 0.5) is 17.6 Å². The highest BCUT2D eigenvalue weighted by molar-refractivity contribution is 7.89. The van der Waals surface area contributed by atoms with Crippen molar-refractivity contribution in [1.29, 1.82) is 0 Å². The first-order valence-electron chi connectivity index (χ1n) is 11.2. The molecule has 0 spiro atoms. The molecule has 1 saturated carbocycles. The summed E-state index contributed by atoms with van der Waals surface area (Å²) in [5.41, 5.74) is 0.948. The van der Waals surface area contributed by atoms with Gasteiger partial charge in [0.2, 0.25) is 15.9 Å². The SMILES string of the molecule is CCS(=O)(=O)N[C@@H]1[C@H](Cc2cccc(-c3ccccc3)c2F)N(C(=O)C2CC(F)C2)CC1(F)F. The van der Waals surface area contributed by atoms with Crippen molar-refractivity contribution >= 4 is 15.9 Å². The molecule has 0 radical (unpaired) electrons. The van der Waals surface area contributed by atoms with Crippen molar-refractivity contribution in [3.63, 3.8) is 0 Å². The number of nitrogens with zero attached hydrogens (tertiary/aromatic N) is 1. The molecule has 2 atom stereocenters. The third kappa shape index (κ3) is 4.84. The van der Waals surface area contributed by atoms with Crippen molar-refractivity contribution < 1.29 is 30.8 Å². The van der Waals surface area contributed by atoms with Gasteiger partial charge in [0.05, 0.1) is 18.3 Å². The number of carbonyl (C=O) groups is 1. The van der Waals surface area contributed by atoms with E-state index in [1.165, 1.54) is 13.0 Å². The van der Waals surface area contributed by atoms with Crippen LogP contribution in [0.15, 0.2) is 48.5 Å². The lowest BCUT2D eigenvalue weighted by atomic mass is 9.82. The Hall–Kier alpha value is -2.46. The second kappa shape index (κ2) is 9.30. The molecule has 2 aromatic carbocycles. The zero-order valence-electron chi connectivity index (χ0n) is 18.6. The van der Waals surface area contributed by atoms with Crippen LogP contribution in [0.2, 0.25) is 0 Å². The van der Waals surface area contributed by atoms with Gasteiger partial charge in [-0.25, -0.2) is 30.7 Å². The van der Waals surface area contributed by atoms with Crippen molar-refractivity contribution in [2.45, 2.75) is 50.4 Å². The molecular formula is C24H26F4N2O3S. The van der Waals surface area contributed by atoms with Crippen LogP contribution in [0.1, 0.15) is 25.3 Å². The summed E-state index contributed by atoms with van der Waals surface area (Å²) in [6.45, 7) is 0.299. The van der Waals surface area contributed by atoms with Crippen LogP contribution in [0.25, 0.3) is 11.1 Å². The molecule has 10 heteroatoms. The van der Waals surface area contributed by atoms with Gasteiger partial charge in [0, 0.05) is 11.5 Å². The Balaban J connectivity index is 1.70. The summed E-state index contributed by atoms with van der Waals surface area (Å²) in [5, 5.41) is 0. The molecule has 34 heavy (non-hydrogen) atoms. The molecule has 1 heterocycles. The Morgan fingerprint density at radius 2 is 1.79 bits per heavy atom. The van der Waals surface area contributed by atoms with E-state index in [-0.39, 0.29) is 30.4 Å². The van der Waals surface area contributed by atoms with Crippen LogP contribution in [0.5, 0.6) is 0 Å². The summed E-state index contributed by atoms with van der Waals surface area (Å²) in [4.78, 5) is 13.9. The molecule has 0 aromatic heterocycles. The number of benzene rings is 2. The summed E-state index contributed by atoms with van der Waals surface area (Å²) in [5.74, 6) is -6.02. The number of alkyl halides is 3. The van der Waals surface area contributed by atoms with Crippen molar-refractivity contribution in [2.24, 2.45) is 5.92 Å². The summed E-state index contributed by atoms with van der Waals surface area (Å²) in [6, 6.07) is 10.0. The van der Waals surface area contributed by atoms with E-state index < -0.39 is 64.1 Å². The molecule has 1 aliphatic carbocycles. The molecule has 0 unspecified atom stereocenters. The molecule has 4 rings (SSSR count). The number of carbonyl (C=O) groups excluding carboxylic acids is 1. The van der Waals surface area contributed by atoms with Crippen molar-refractivity contribution in [1.82, 2.24) is 9.62 Å². The number of rotatable bonds is 7. The van der Waals surface area contributed by atoms with Crippen LogP contribution in [-0.2, 0) is 21.2 Å². The van der Waals surface area contributed by atoms with E-state index in [0.717, 1.165) is 4.90 Å². The lowest BCUT2D eigenvalue weighted by molar-refractivity contribution is -0.142. The third-order valence-electron chi connectivity index (χ3n) is 6.61. The van der Waals surface area contributed by atoms with E-state index in [1.54, 1.807) is 42.5 Å². The molecule has 0 bridgehead atoms. The molecule has 2 fully saturated rings. The number of halogens is 4. The van der Waals surface area contributed by atoms with Gasteiger partial charge < -0.3 is 4.90 Å². The maximum Gasteiger partial charge on any atom is 0.283 e. The van der Waals surface area contributed by atoms with E-state index in [1.807, 2.05) is 4.72 Å². The molecule has 1 saturated heterocycles. The zero-order valence-corrected chi connectivity index (χ0v) is 19.4. The first-order chi connectivity index (χ1) is 16.0. The van der Waals surface area contributed by atoms with Crippen LogP contribution in [-0.4, -0.2) is 55.7 Å². The van der Waals surface area contributed by atoms with E-state index >= 15 is 13.2 Å². The molecule has 1 amide bonds.